The highest BCUT2D eigenvalue weighted by molar-refractivity contribution is 5.39. The first kappa shape index (κ1) is 13.3. The minimum absolute atomic E-state index is 0.636. The first-order chi connectivity index (χ1) is 10.3. The van der Waals surface area contributed by atoms with E-state index in [9.17, 15) is 0 Å². The fraction of sp³-hybridized carbons (Fsp3) is 0.588. The molecule has 2 aliphatic rings. The van der Waals surface area contributed by atoms with Gasteiger partial charge in [0.05, 0.1) is 5.69 Å². The molecule has 1 aliphatic heterocycles. The Kier molecular flexibility index (Phi) is 3.43. The molecule has 21 heavy (non-hydrogen) atoms. The van der Waals surface area contributed by atoms with Gasteiger partial charge in [-0.05, 0) is 37.3 Å². The van der Waals surface area contributed by atoms with Crippen LogP contribution in [0.4, 0.5) is 0 Å². The minimum Gasteiger partial charge on any atom is -0.311 e. The normalized spacial score (nSPS) is 27.3. The summed E-state index contributed by atoms with van der Waals surface area (Å²) < 4.78 is 2.13. The quantitative estimate of drug-likeness (QED) is 0.935. The van der Waals surface area contributed by atoms with Gasteiger partial charge >= 0.3 is 0 Å². The van der Waals surface area contributed by atoms with Gasteiger partial charge in [0.15, 0.2) is 0 Å². The number of fused-ring (bicyclic) bond motifs is 1. The van der Waals surface area contributed by atoms with Crippen molar-refractivity contribution in [2.45, 2.75) is 44.8 Å². The number of hydrogen-bond acceptors (Lipinski definition) is 3. The fourth-order valence-electron chi connectivity index (χ4n) is 3.57. The number of imidazole rings is 1. The van der Waals surface area contributed by atoms with E-state index < -0.39 is 0 Å². The smallest absolute Gasteiger partial charge is 0.137 e. The number of nitrogens with zero attached hydrogens (tertiary/aromatic N) is 3. The number of nitrogens with one attached hydrogen (secondary N) is 1. The topological polar surface area (TPSA) is 32.6 Å². The van der Waals surface area contributed by atoms with Gasteiger partial charge in [0.25, 0.3) is 0 Å². The molecule has 2 aromatic heterocycles. The van der Waals surface area contributed by atoms with Crippen molar-refractivity contribution in [3.8, 4) is 0 Å². The summed E-state index contributed by atoms with van der Waals surface area (Å²) in [6, 6.07) is 7.53. The fourth-order valence-corrected chi connectivity index (χ4v) is 3.57. The van der Waals surface area contributed by atoms with Crippen molar-refractivity contribution in [2.24, 2.45) is 5.92 Å². The van der Waals surface area contributed by atoms with Crippen molar-refractivity contribution >= 4 is 5.65 Å². The molecular formula is C17H24N4. The molecule has 2 unspecified atom stereocenters. The molecule has 2 atom stereocenters. The third-order valence-corrected chi connectivity index (χ3v) is 4.98. The molecule has 0 bridgehead atoms. The van der Waals surface area contributed by atoms with Crippen LogP contribution in [0.25, 0.3) is 5.65 Å². The van der Waals surface area contributed by atoms with E-state index in [1.165, 1.54) is 25.0 Å². The lowest BCUT2D eigenvalue weighted by Crippen LogP contribution is -2.56. The van der Waals surface area contributed by atoms with Crippen molar-refractivity contribution in [3.63, 3.8) is 0 Å². The zero-order valence-electron chi connectivity index (χ0n) is 12.7. The van der Waals surface area contributed by atoms with Crippen LogP contribution < -0.4 is 5.32 Å². The van der Waals surface area contributed by atoms with Crippen molar-refractivity contribution in [2.75, 3.05) is 13.1 Å². The van der Waals surface area contributed by atoms with E-state index in [0.29, 0.717) is 12.1 Å². The largest absolute Gasteiger partial charge is 0.311 e. The molecule has 4 heteroatoms. The van der Waals surface area contributed by atoms with Crippen LogP contribution in [0.1, 0.15) is 31.9 Å². The number of pyridine rings is 1. The molecule has 1 aliphatic carbocycles. The van der Waals surface area contributed by atoms with Crippen molar-refractivity contribution in [1.29, 1.82) is 0 Å². The number of aromatic nitrogens is 2. The first-order valence-electron chi connectivity index (χ1n) is 8.23. The second-order valence-electron chi connectivity index (χ2n) is 6.55. The summed E-state index contributed by atoms with van der Waals surface area (Å²) in [5.74, 6) is 0.910. The van der Waals surface area contributed by atoms with E-state index in [4.69, 9.17) is 4.98 Å². The van der Waals surface area contributed by atoms with Gasteiger partial charge < -0.3 is 9.72 Å². The van der Waals surface area contributed by atoms with Crippen molar-refractivity contribution in [1.82, 2.24) is 19.6 Å². The molecule has 1 saturated heterocycles. The lowest BCUT2D eigenvalue weighted by Gasteiger charge is -2.40. The lowest BCUT2D eigenvalue weighted by atomic mass is 10.0. The Balaban J connectivity index is 1.54. The highest BCUT2D eigenvalue weighted by Gasteiger charge is 2.38. The molecular weight excluding hydrogens is 260 g/mol. The third kappa shape index (κ3) is 2.70. The Morgan fingerprint density at radius 1 is 1.33 bits per heavy atom. The number of piperazine rings is 1. The van der Waals surface area contributed by atoms with E-state index in [0.717, 1.165) is 31.2 Å². The van der Waals surface area contributed by atoms with Gasteiger partial charge in [-0.25, -0.2) is 4.98 Å². The Labute approximate surface area is 126 Å². The number of rotatable bonds is 4. The van der Waals surface area contributed by atoms with Gasteiger partial charge in [-0.2, -0.15) is 0 Å². The van der Waals surface area contributed by atoms with Gasteiger partial charge in [0, 0.05) is 44.1 Å². The molecule has 0 amide bonds. The van der Waals surface area contributed by atoms with E-state index in [-0.39, 0.29) is 0 Å². The Morgan fingerprint density at radius 2 is 2.24 bits per heavy atom. The second kappa shape index (κ2) is 5.43. The van der Waals surface area contributed by atoms with E-state index in [1.54, 1.807) is 0 Å². The molecule has 0 aromatic carbocycles. The zero-order chi connectivity index (χ0) is 14.2. The molecule has 3 heterocycles. The molecule has 1 saturated carbocycles. The molecule has 1 N–H and O–H groups in total. The monoisotopic (exact) mass is 284 g/mol. The van der Waals surface area contributed by atoms with Crippen molar-refractivity contribution < 1.29 is 0 Å². The van der Waals surface area contributed by atoms with Crippen LogP contribution in [0.2, 0.25) is 0 Å². The molecule has 0 spiro atoms. The molecule has 0 radical (unpaired) electrons. The van der Waals surface area contributed by atoms with E-state index >= 15 is 0 Å². The Morgan fingerprint density at radius 3 is 3.00 bits per heavy atom. The van der Waals surface area contributed by atoms with Gasteiger partial charge in [0.1, 0.15) is 5.65 Å². The van der Waals surface area contributed by atoms with Gasteiger partial charge in [-0.1, -0.05) is 13.0 Å². The second-order valence-corrected chi connectivity index (χ2v) is 6.55. The minimum atomic E-state index is 0.636. The van der Waals surface area contributed by atoms with Crippen LogP contribution in [0.15, 0.2) is 30.6 Å². The highest BCUT2D eigenvalue weighted by Crippen LogP contribution is 2.36. The molecule has 2 fully saturated rings. The first-order valence-corrected chi connectivity index (χ1v) is 8.23. The van der Waals surface area contributed by atoms with Crippen LogP contribution >= 0.6 is 0 Å². The van der Waals surface area contributed by atoms with Gasteiger partial charge in [-0.15, -0.1) is 0 Å². The van der Waals surface area contributed by atoms with Crippen LogP contribution in [-0.2, 0) is 6.54 Å². The van der Waals surface area contributed by atoms with Gasteiger partial charge in [-0.3, -0.25) is 4.90 Å². The number of hydrogen-bond donors (Lipinski definition) is 1. The molecule has 4 rings (SSSR count). The van der Waals surface area contributed by atoms with E-state index in [2.05, 4.69) is 52.1 Å². The lowest BCUT2D eigenvalue weighted by molar-refractivity contribution is 0.105. The van der Waals surface area contributed by atoms with Crippen LogP contribution in [0.3, 0.4) is 0 Å². The summed E-state index contributed by atoms with van der Waals surface area (Å²) in [4.78, 5) is 7.44. The maximum absolute atomic E-state index is 4.77. The standard InChI is InChI=1S/C17H24N4/c1-2-14-10-21(16(9-18-14)13-6-7-13)12-15-11-20-8-4-3-5-17(20)19-15/h3-5,8,11,13-14,16,18H,2,6-7,9-10,12H2,1H3. The predicted octanol–water partition coefficient (Wildman–Crippen LogP) is 2.30. The predicted molar refractivity (Wildman–Crippen MR) is 84.2 cm³/mol. The Hall–Kier alpha value is -1.39. The maximum Gasteiger partial charge on any atom is 0.137 e. The maximum atomic E-state index is 4.77. The summed E-state index contributed by atoms with van der Waals surface area (Å²) in [5.41, 5.74) is 2.25. The molecule has 2 aromatic rings. The highest BCUT2D eigenvalue weighted by atomic mass is 15.2. The van der Waals surface area contributed by atoms with Crippen LogP contribution in [0.5, 0.6) is 0 Å². The SMILES string of the molecule is CCC1CN(Cc2cn3ccccc3n2)C(C2CC2)CN1. The van der Waals surface area contributed by atoms with E-state index in [1.807, 2.05) is 0 Å². The summed E-state index contributed by atoms with van der Waals surface area (Å²) in [6.45, 7) is 5.57. The van der Waals surface area contributed by atoms with Crippen molar-refractivity contribution in [3.05, 3.63) is 36.3 Å². The van der Waals surface area contributed by atoms with Crippen LogP contribution in [-0.4, -0.2) is 39.5 Å². The van der Waals surface area contributed by atoms with Crippen LogP contribution in [0, 0.1) is 5.92 Å². The molecule has 4 nitrogen and oxygen atoms in total. The Bertz CT molecular complexity index is 583. The van der Waals surface area contributed by atoms with Gasteiger partial charge in [0.2, 0.25) is 0 Å². The average Bonchev–Trinajstić information content (AvgIpc) is 3.26. The summed E-state index contributed by atoms with van der Waals surface area (Å²) in [7, 11) is 0. The summed E-state index contributed by atoms with van der Waals surface area (Å²) >= 11 is 0. The average molecular weight is 284 g/mol. The third-order valence-electron chi connectivity index (χ3n) is 4.98. The summed E-state index contributed by atoms with van der Waals surface area (Å²) in [5, 5.41) is 3.72. The zero-order valence-corrected chi connectivity index (χ0v) is 12.7. The summed E-state index contributed by atoms with van der Waals surface area (Å²) in [6.07, 6.45) is 8.29. The molecule has 112 valence electrons.